The molecule has 1 amide bonds. The number of methoxy groups -OCH3 is 1. The Morgan fingerprint density at radius 1 is 1.43 bits per heavy atom. The molecule has 1 fully saturated rings. The molecule has 0 N–H and O–H groups in total. The van der Waals surface area contributed by atoms with Gasteiger partial charge in [-0.3, -0.25) is 4.79 Å². The molecule has 0 bridgehead atoms. The number of hydrogen-bond acceptors (Lipinski definition) is 3. The van der Waals surface area contributed by atoms with Gasteiger partial charge in [-0.05, 0) is 31.0 Å². The monoisotopic (exact) mass is 315 g/mol. The molecule has 0 spiro atoms. The van der Waals surface area contributed by atoms with E-state index in [0.29, 0.717) is 31.1 Å². The number of piperidine rings is 1. The third kappa shape index (κ3) is 4.08. The summed E-state index contributed by atoms with van der Waals surface area (Å²) in [6, 6.07) is 4.27. The summed E-state index contributed by atoms with van der Waals surface area (Å²) in [5.74, 6) is -0.0691. The van der Waals surface area contributed by atoms with E-state index in [0.717, 1.165) is 12.8 Å². The number of nitrogens with zero attached hydrogens (tertiary/aromatic N) is 1. The second kappa shape index (κ2) is 7.61. The van der Waals surface area contributed by atoms with E-state index >= 15 is 0 Å². The maximum absolute atomic E-state index is 13.7. The van der Waals surface area contributed by atoms with Gasteiger partial charge in [-0.25, -0.2) is 4.39 Å². The SMILES string of the molecule is COc1ccc(C(=O)N2CCC(OCCCl)CC2)cc1F. The van der Waals surface area contributed by atoms with Gasteiger partial charge >= 0.3 is 0 Å². The zero-order chi connectivity index (χ0) is 15.2. The number of benzene rings is 1. The summed E-state index contributed by atoms with van der Waals surface area (Å²) in [4.78, 5) is 14.1. The quantitative estimate of drug-likeness (QED) is 0.784. The van der Waals surface area contributed by atoms with Gasteiger partial charge in [-0.1, -0.05) is 0 Å². The van der Waals surface area contributed by atoms with Gasteiger partial charge in [0.15, 0.2) is 11.6 Å². The van der Waals surface area contributed by atoms with Crippen LogP contribution in [0.4, 0.5) is 4.39 Å². The van der Waals surface area contributed by atoms with Crippen LogP contribution in [0.1, 0.15) is 23.2 Å². The van der Waals surface area contributed by atoms with Crippen molar-refractivity contribution in [2.45, 2.75) is 18.9 Å². The van der Waals surface area contributed by atoms with E-state index < -0.39 is 5.82 Å². The molecule has 0 aromatic heterocycles. The summed E-state index contributed by atoms with van der Waals surface area (Å²) in [6.45, 7) is 1.75. The molecule has 116 valence electrons. The van der Waals surface area contributed by atoms with Crippen LogP contribution in [0.15, 0.2) is 18.2 Å². The van der Waals surface area contributed by atoms with Crippen molar-refractivity contribution in [3.63, 3.8) is 0 Å². The van der Waals surface area contributed by atoms with Gasteiger partial charge in [0.05, 0.1) is 19.8 Å². The van der Waals surface area contributed by atoms with Crippen molar-refractivity contribution in [3.8, 4) is 5.75 Å². The molecule has 4 nitrogen and oxygen atoms in total. The summed E-state index contributed by atoms with van der Waals surface area (Å²) in [5.41, 5.74) is 0.341. The Hall–Kier alpha value is -1.33. The molecule has 1 aromatic rings. The standard InChI is InChI=1S/C15H19ClFNO3/c1-20-14-3-2-11(10-13(14)17)15(19)18-7-4-12(5-8-18)21-9-6-16/h2-3,10,12H,4-9H2,1H3. The van der Waals surface area contributed by atoms with Gasteiger partial charge in [0.25, 0.3) is 5.91 Å². The van der Waals surface area contributed by atoms with E-state index in [4.69, 9.17) is 21.1 Å². The van der Waals surface area contributed by atoms with Crippen LogP contribution in [-0.2, 0) is 4.74 Å². The number of hydrogen-bond donors (Lipinski definition) is 0. The van der Waals surface area contributed by atoms with Crippen LogP contribution in [-0.4, -0.2) is 49.6 Å². The molecule has 6 heteroatoms. The minimum Gasteiger partial charge on any atom is -0.494 e. The summed E-state index contributed by atoms with van der Waals surface area (Å²) in [5, 5.41) is 0. The van der Waals surface area contributed by atoms with E-state index in [1.165, 1.54) is 19.2 Å². The van der Waals surface area contributed by atoms with Gasteiger partial charge in [-0.15, -0.1) is 11.6 Å². The molecule has 1 aliphatic rings. The van der Waals surface area contributed by atoms with Crippen LogP contribution in [0.2, 0.25) is 0 Å². The van der Waals surface area contributed by atoms with Crippen LogP contribution < -0.4 is 4.74 Å². The lowest BCUT2D eigenvalue weighted by atomic mass is 10.1. The fourth-order valence-electron chi connectivity index (χ4n) is 2.42. The van der Waals surface area contributed by atoms with Gasteiger partial charge in [0.1, 0.15) is 0 Å². The smallest absolute Gasteiger partial charge is 0.253 e. The lowest BCUT2D eigenvalue weighted by Gasteiger charge is -2.32. The molecular formula is C15H19ClFNO3. The number of alkyl halides is 1. The van der Waals surface area contributed by atoms with Crippen molar-refractivity contribution in [2.24, 2.45) is 0 Å². The van der Waals surface area contributed by atoms with Crippen LogP contribution in [0, 0.1) is 5.82 Å². The highest BCUT2D eigenvalue weighted by atomic mass is 35.5. The zero-order valence-electron chi connectivity index (χ0n) is 12.0. The largest absolute Gasteiger partial charge is 0.494 e. The molecule has 2 rings (SSSR count). The first-order valence-corrected chi connectivity index (χ1v) is 7.49. The fraction of sp³-hybridized carbons (Fsp3) is 0.533. The van der Waals surface area contributed by atoms with Crippen molar-refractivity contribution >= 4 is 17.5 Å². The number of likely N-dealkylation sites (tertiary alicyclic amines) is 1. The minimum atomic E-state index is -0.524. The molecule has 1 heterocycles. The lowest BCUT2D eigenvalue weighted by molar-refractivity contribution is 0.0154. The molecule has 0 atom stereocenters. The highest BCUT2D eigenvalue weighted by Gasteiger charge is 2.24. The molecule has 1 aromatic carbocycles. The Kier molecular flexibility index (Phi) is 5.82. The molecule has 0 unspecified atom stereocenters. The normalized spacial score (nSPS) is 16.0. The maximum Gasteiger partial charge on any atom is 0.253 e. The Morgan fingerprint density at radius 3 is 2.71 bits per heavy atom. The zero-order valence-corrected chi connectivity index (χ0v) is 12.7. The highest BCUT2D eigenvalue weighted by Crippen LogP contribution is 2.21. The first-order valence-electron chi connectivity index (χ1n) is 6.96. The lowest BCUT2D eigenvalue weighted by Crippen LogP contribution is -2.41. The molecule has 0 aliphatic carbocycles. The van der Waals surface area contributed by atoms with Gasteiger partial charge in [0, 0.05) is 24.5 Å². The van der Waals surface area contributed by atoms with Gasteiger partial charge < -0.3 is 14.4 Å². The molecular weight excluding hydrogens is 297 g/mol. The van der Waals surface area contributed by atoms with Crippen LogP contribution in [0.5, 0.6) is 5.75 Å². The average Bonchev–Trinajstić information content (AvgIpc) is 2.52. The molecule has 0 saturated carbocycles. The van der Waals surface area contributed by atoms with Crippen molar-refractivity contribution in [3.05, 3.63) is 29.6 Å². The van der Waals surface area contributed by atoms with Crippen molar-refractivity contribution in [1.29, 1.82) is 0 Å². The molecule has 0 radical (unpaired) electrons. The van der Waals surface area contributed by atoms with E-state index in [9.17, 15) is 9.18 Å². The maximum atomic E-state index is 13.7. The van der Waals surface area contributed by atoms with Crippen molar-refractivity contribution in [2.75, 3.05) is 32.7 Å². The number of carbonyl (C=O) groups is 1. The summed E-state index contributed by atoms with van der Waals surface area (Å²) >= 11 is 5.58. The Morgan fingerprint density at radius 2 is 2.14 bits per heavy atom. The Balaban J connectivity index is 1.94. The summed E-state index contributed by atoms with van der Waals surface area (Å²) < 4.78 is 24.1. The highest BCUT2D eigenvalue weighted by molar-refractivity contribution is 6.17. The molecule has 21 heavy (non-hydrogen) atoms. The van der Waals surface area contributed by atoms with Gasteiger partial charge in [0.2, 0.25) is 0 Å². The topological polar surface area (TPSA) is 38.8 Å². The van der Waals surface area contributed by atoms with Crippen LogP contribution >= 0.6 is 11.6 Å². The number of carbonyl (C=O) groups excluding carboxylic acids is 1. The fourth-order valence-corrected chi connectivity index (χ4v) is 2.51. The van der Waals surface area contributed by atoms with E-state index in [1.54, 1.807) is 11.0 Å². The van der Waals surface area contributed by atoms with E-state index in [-0.39, 0.29) is 17.8 Å². The van der Waals surface area contributed by atoms with Crippen molar-refractivity contribution < 1.29 is 18.7 Å². The first-order chi connectivity index (χ1) is 10.2. The van der Waals surface area contributed by atoms with Gasteiger partial charge in [-0.2, -0.15) is 0 Å². The molecule has 1 aliphatic heterocycles. The van der Waals surface area contributed by atoms with Crippen LogP contribution in [0.25, 0.3) is 0 Å². The molecule has 1 saturated heterocycles. The van der Waals surface area contributed by atoms with E-state index in [2.05, 4.69) is 0 Å². The average molecular weight is 316 g/mol. The number of amides is 1. The number of rotatable bonds is 5. The summed E-state index contributed by atoms with van der Waals surface area (Å²) in [6.07, 6.45) is 1.71. The second-order valence-electron chi connectivity index (χ2n) is 4.90. The number of ether oxygens (including phenoxy) is 2. The predicted octanol–water partition coefficient (Wildman–Crippen LogP) is 2.69. The van der Waals surface area contributed by atoms with E-state index in [1.807, 2.05) is 0 Å². The predicted molar refractivity (Wildman–Crippen MR) is 78.5 cm³/mol. The second-order valence-corrected chi connectivity index (χ2v) is 5.28. The minimum absolute atomic E-state index is 0.139. The third-order valence-corrected chi connectivity index (χ3v) is 3.71. The summed E-state index contributed by atoms with van der Waals surface area (Å²) in [7, 11) is 1.39. The Bertz CT molecular complexity index is 490. The van der Waals surface area contributed by atoms with Crippen LogP contribution in [0.3, 0.4) is 0 Å². The van der Waals surface area contributed by atoms with Crippen molar-refractivity contribution in [1.82, 2.24) is 4.90 Å². The first kappa shape index (κ1) is 16.0. The number of halogens is 2. The third-order valence-electron chi connectivity index (χ3n) is 3.56. The Labute approximate surface area is 128 Å².